The van der Waals surface area contributed by atoms with E-state index in [2.05, 4.69) is 10.1 Å². The summed E-state index contributed by atoms with van der Waals surface area (Å²) >= 11 is 1.09. The van der Waals surface area contributed by atoms with Gasteiger partial charge in [0.05, 0.1) is 13.5 Å². The van der Waals surface area contributed by atoms with Gasteiger partial charge >= 0.3 is 10.8 Å². The van der Waals surface area contributed by atoms with Crippen molar-refractivity contribution >= 4 is 29.1 Å². The highest BCUT2D eigenvalue weighted by Gasteiger charge is 2.34. The van der Waals surface area contributed by atoms with Crippen LogP contribution in [-0.4, -0.2) is 53.5 Å². The maximum atomic E-state index is 12.4. The SMILES string of the molecule is COC(=O)C[C@@H]1C(=O)NCCN1C(=O)CCn1c(C)csc1=O. The minimum absolute atomic E-state index is 0.0996. The molecule has 1 N–H and O–H groups in total. The highest BCUT2D eigenvalue weighted by atomic mass is 32.1. The van der Waals surface area contributed by atoms with Crippen molar-refractivity contribution in [2.24, 2.45) is 0 Å². The number of rotatable bonds is 5. The van der Waals surface area contributed by atoms with Gasteiger partial charge in [-0.25, -0.2) is 0 Å². The van der Waals surface area contributed by atoms with Crippen LogP contribution in [0.25, 0.3) is 0 Å². The molecule has 1 saturated heterocycles. The summed E-state index contributed by atoms with van der Waals surface area (Å²) in [6, 6.07) is -0.857. The van der Waals surface area contributed by atoms with Gasteiger partial charge < -0.3 is 19.5 Å². The van der Waals surface area contributed by atoms with E-state index in [1.165, 1.54) is 16.6 Å². The van der Waals surface area contributed by atoms with Crippen molar-refractivity contribution < 1.29 is 19.1 Å². The Morgan fingerprint density at radius 2 is 2.17 bits per heavy atom. The number of carbonyl (C=O) groups excluding carboxylic acids is 3. The number of hydrogen-bond acceptors (Lipinski definition) is 6. The molecule has 23 heavy (non-hydrogen) atoms. The van der Waals surface area contributed by atoms with Crippen LogP contribution in [0.3, 0.4) is 0 Å². The Bertz CT molecular complexity index is 666. The fraction of sp³-hybridized carbons (Fsp3) is 0.571. The average molecular weight is 341 g/mol. The highest BCUT2D eigenvalue weighted by Crippen LogP contribution is 2.12. The molecule has 0 aromatic carbocycles. The topological polar surface area (TPSA) is 97.7 Å². The number of ether oxygens (including phenoxy) is 1. The van der Waals surface area contributed by atoms with Crippen LogP contribution >= 0.6 is 11.3 Å². The Hall–Kier alpha value is -2.16. The van der Waals surface area contributed by atoms with Crippen molar-refractivity contribution in [2.45, 2.75) is 32.4 Å². The van der Waals surface area contributed by atoms with Crippen molar-refractivity contribution in [2.75, 3.05) is 20.2 Å². The number of esters is 1. The zero-order chi connectivity index (χ0) is 17.0. The molecular formula is C14H19N3O5S. The smallest absolute Gasteiger partial charge is 0.308 e. The third-order valence-electron chi connectivity index (χ3n) is 3.76. The first-order valence-corrected chi connectivity index (χ1v) is 8.11. The zero-order valence-corrected chi connectivity index (χ0v) is 13.9. The predicted octanol–water partition coefficient (Wildman–Crippen LogP) is -0.502. The van der Waals surface area contributed by atoms with Gasteiger partial charge in [0.1, 0.15) is 6.04 Å². The highest BCUT2D eigenvalue weighted by molar-refractivity contribution is 7.07. The summed E-state index contributed by atoms with van der Waals surface area (Å²) in [5.74, 6) is -1.17. The van der Waals surface area contributed by atoms with Gasteiger partial charge in [-0.05, 0) is 6.92 Å². The second kappa shape index (κ2) is 7.40. The molecule has 1 aromatic heterocycles. The van der Waals surface area contributed by atoms with Crippen molar-refractivity contribution in [1.29, 1.82) is 0 Å². The van der Waals surface area contributed by atoms with Gasteiger partial charge in [-0.15, -0.1) is 0 Å². The van der Waals surface area contributed by atoms with Gasteiger partial charge in [0.15, 0.2) is 0 Å². The first kappa shape index (κ1) is 17.2. The lowest BCUT2D eigenvalue weighted by Gasteiger charge is -2.34. The Labute approximate surface area is 137 Å². The van der Waals surface area contributed by atoms with Crippen molar-refractivity contribution in [1.82, 2.24) is 14.8 Å². The van der Waals surface area contributed by atoms with E-state index in [1.54, 1.807) is 12.3 Å². The Kier molecular flexibility index (Phi) is 5.54. The van der Waals surface area contributed by atoms with E-state index in [-0.39, 0.29) is 36.1 Å². The molecular weight excluding hydrogens is 322 g/mol. The molecule has 1 aliphatic rings. The van der Waals surface area contributed by atoms with E-state index in [0.29, 0.717) is 13.1 Å². The number of aryl methyl sites for hydroxylation is 1. The number of aromatic nitrogens is 1. The van der Waals surface area contributed by atoms with Gasteiger partial charge in [0.2, 0.25) is 11.8 Å². The predicted molar refractivity (Wildman–Crippen MR) is 83.1 cm³/mol. The third kappa shape index (κ3) is 3.98. The number of nitrogens with zero attached hydrogens (tertiary/aromatic N) is 2. The molecule has 2 heterocycles. The Balaban J connectivity index is 2.04. The average Bonchev–Trinajstić information content (AvgIpc) is 2.85. The lowest BCUT2D eigenvalue weighted by molar-refractivity contribution is -0.150. The number of piperazine rings is 1. The van der Waals surface area contributed by atoms with Crippen LogP contribution in [-0.2, 0) is 25.7 Å². The fourth-order valence-electron chi connectivity index (χ4n) is 2.48. The van der Waals surface area contributed by atoms with Crippen LogP contribution in [0.15, 0.2) is 10.2 Å². The molecule has 0 spiro atoms. The third-order valence-corrected chi connectivity index (χ3v) is 4.65. The van der Waals surface area contributed by atoms with Crippen LogP contribution < -0.4 is 10.2 Å². The summed E-state index contributed by atoms with van der Waals surface area (Å²) < 4.78 is 6.11. The van der Waals surface area contributed by atoms with Crippen LogP contribution in [0.1, 0.15) is 18.5 Å². The van der Waals surface area contributed by atoms with E-state index in [4.69, 9.17) is 0 Å². The monoisotopic (exact) mass is 341 g/mol. The maximum absolute atomic E-state index is 12.4. The number of nitrogens with one attached hydrogen (secondary N) is 1. The van der Waals surface area contributed by atoms with Crippen LogP contribution in [0.2, 0.25) is 0 Å². The zero-order valence-electron chi connectivity index (χ0n) is 13.0. The molecule has 9 heteroatoms. The fourth-order valence-corrected chi connectivity index (χ4v) is 3.24. The standard InChI is InChI=1S/C14H19N3O5S/c1-9-8-23-14(21)16(9)5-3-11(18)17-6-4-15-13(20)10(17)7-12(19)22-2/h8,10H,3-7H2,1-2H3,(H,15,20)/t10-/m1/s1. The molecule has 0 aliphatic carbocycles. The lowest BCUT2D eigenvalue weighted by Crippen LogP contribution is -2.58. The number of amides is 2. The second-order valence-corrected chi connectivity index (χ2v) is 6.04. The summed E-state index contributed by atoms with van der Waals surface area (Å²) in [7, 11) is 1.24. The van der Waals surface area contributed by atoms with E-state index in [1.807, 2.05) is 0 Å². The molecule has 1 atom stereocenters. The number of methoxy groups -OCH3 is 1. The molecule has 1 fully saturated rings. The number of hydrogen-bond donors (Lipinski definition) is 1. The van der Waals surface area contributed by atoms with Crippen molar-refractivity contribution in [3.63, 3.8) is 0 Å². The first-order chi connectivity index (χ1) is 10.9. The summed E-state index contributed by atoms with van der Waals surface area (Å²) in [5.41, 5.74) is 0.801. The Morgan fingerprint density at radius 1 is 1.43 bits per heavy atom. The van der Waals surface area contributed by atoms with E-state index < -0.39 is 12.0 Å². The quantitative estimate of drug-likeness (QED) is 0.728. The van der Waals surface area contributed by atoms with Crippen LogP contribution in [0.4, 0.5) is 0 Å². The lowest BCUT2D eigenvalue weighted by atomic mass is 10.1. The molecule has 126 valence electrons. The first-order valence-electron chi connectivity index (χ1n) is 7.23. The van der Waals surface area contributed by atoms with Crippen LogP contribution in [0, 0.1) is 6.92 Å². The summed E-state index contributed by atoms with van der Waals surface area (Å²) in [4.78, 5) is 48.7. The molecule has 0 saturated carbocycles. The molecule has 2 amide bonds. The normalized spacial score (nSPS) is 17.7. The molecule has 0 bridgehead atoms. The van der Waals surface area contributed by atoms with Gasteiger partial charge in [-0.1, -0.05) is 11.3 Å². The Morgan fingerprint density at radius 3 is 2.78 bits per heavy atom. The minimum Gasteiger partial charge on any atom is -0.469 e. The van der Waals surface area contributed by atoms with Gasteiger partial charge in [-0.3, -0.25) is 19.2 Å². The second-order valence-electron chi connectivity index (χ2n) is 5.22. The van der Waals surface area contributed by atoms with E-state index in [0.717, 1.165) is 17.0 Å². The number of thiazole rings is 1. The maximum Gasteiger partial charge on any atom is 0.308 e. The minimum atomic E-state index is -0.857. The number of carbonyl (C=O) groups is 3. The molecule has 8 nitrogen and oxygen atoms in total. The van der Waals surface area contributed by atoms with Crippen molar-refractivity contribution in [3.8, 4) is 0 Å². The van der Waals surface area contributed by atoms with Crippen molar-refractivity contribution in [3.05, 3.63) is 20.7 Å². The van der Waals surface area contributed by atoms with Gasteiger partial charge in [0, 0.05) is 37.1 Å². The van der Waals surface area contributed by atoms with Gasteiger partial charge in [0.25, 0.3) is 0 Å². The molecule has 0 radical (unpaired) electrons. The van der Waals surface area contributed by atoms with E-state index >= 15 is 0 Å². The van der Waals surface area contributed by atoms with Crippen LogP contribution in [0.5, 0.6) is 0 Å². The molecule has 1 aliphatic heterocycles. The molecule has 0 unspecified atom stereocenters. The summed E-state index contributed by atoms with van der Waals surface area (Å²) in [6.07, 6.45) is -0.0755. The molecule has 2 rings (SSSR count). The van der Waals surface area contributed by atoms with Gasteiger partial charge in [-0.2, -0.15) is 0 Å². The largest absolute Gasteiger partial charge is 0.469 e. The molecule has 1 aromatic rings. The summed E-state index contributed by atoms with van der Waals surface area (Å²) in [6.45, 7) is 2.75. The van der Waals surface area contributed by atoms with E-state index in [9.17, 15) is 19.2 Å². The summed E-state index contributed by atoms with van der Waals surface area (Å²) in [5, 5.41) is 4.38.